The van der Waals surface area contributed by atoms with Crippen molar-refractivity contribution in [2.45, 2.75) is 20.4 Å². The summed E-state index contributed by atoms with van der Waals surface area (Å²) in [6.07, 6.45) is 3.32. The van der Waals surface area contributed by atoms with Crippen LogP contribution < -0.4 is 33.6 Å². The predicted molar refractivity (Wildman–Crippen MR) is 82.8 cm³/mol. The number of rotatable bonds is 4. The number of nitrogens with two attached hydrogens (primary N) is 1. The molecular formula is C16H19ClN4O2. The Morgan fingerprint density at radius 1 is 1.13 bits per heavy atom. The number of carbonyl (C=O) groups is 2. The molecule has 0 saturated carbocycles. The second-order valence-corrected chi connectivity index (χ2v) is 5.03. The van der Waals surface area contributed by atoms with Gasteiger partial charge in [-0.15, -0.1) is 0 Å². The molecule has 4 N–H and O–H groups in total. The molecule has 2 amide bonds. The lowest BCUT2D eigenvalue weighted by atomic mass is 10.1. The number of anilines is 1. The number of benzene rings is 1. The molecule has 0 bridgehead atoms. The summed E-state index contributed by atoms with van der Waals surface area (Å²) in [4.78, 5) is 23.4. The van der Waals surface area contributed by atoms with E-state index in [-0.39, 0.29) is 30.8 Å². The zero-order valence-corrected chi connectivity index (χ0v) is 13.7. The third kappa shape index (κ3) is 4.77. The van der Waals surface area contributed by atoms with E-state index in [1.807, 2.05) is 32.0 Å². The minimum atomic E-state index is -0.369. The van der Waals surface area contributed by atoms with Gasteiger partial charge in [-0.25, -0.2) is 5.84 Å². The second kappa shape index (κ2) is 8.26. The number of hydrazine groups is 1. The lowest BCUT2D eigenvalue weighted by molar-refractivity contribution is -0.684. The summed E-state index contributed by atoms with van der Waals surface area (Å²) in [5.74, 6) is 4.57. The first-order valence-corrected chi connectivity index (χ1v) is 6.87. The van der Waals surface area contributed by atoms with Crippen molar-refractivity contribution in [2.75, 3.05) is 5.32 Å². The fourth-order valence-electron chi connectivity index (χ4n) is 2.04. The Balaban J connectivity index is 0.00000264. The minimum Gasteiger partial charge on any atom is -1.00 e. The minimum absolute atomic E-state index is 0. The average Bonchev–Trinajstić information content (AvgIpc) is 2.52. The van der Waals surface area contributed by atoms with Crippen LogP contribution in [-0.4, -0.2) is 11.8 Å². The summed E-state index contributed by atoms with van der Waals surface area (Å²) in [5, 5.41) is 2.89. The van der Waals surface area contributed by atoms with E-state index in [1.165, 1.54) is 0 Å². The number of nitrogens with one attached hydrogen (secondary N) is 2. The third-order valence-electron chi connectivity index (χ3n) is 3.49. The van der Waals surface area contributed by atoms with Crippen molar-refractivity contribution < 1.29 is 26.6 Å². The van der Waals surface area contributed by atoms with Crippen LogP contribution in [0.5, 0.6) is 0 Å². The number of pyridine rings is 1. The van der Waals surface area contributed by atoms with Crippen molar-refractivity contribution in [3.05, 3.63) is 59.4 Å². The number of nitrogen functional groups attached to an aromatic ring is 1. The van der Waals surface area contributed by atoms with Crippen LogP contribution in [0.2, 0.25) is 0 Å². The Hall–Kier alpha value is -2.44. The van der Waals surface area contributed by atoms with E-state index in [0.717, 1.165) is 16.8 Å². The molecule has 6 nitrogen and oxygen atoms in total. The summed E-state index contributed by atoms with van der Waals surface area (Å²) >= 11 is 0. The number of carbonyl (C=O) groups excluding carboxylic acids is 2. The molecule has 0 spiro atoms. The molecule has 0 aliphatic carbocycles. The molecular weight excluding hydrogens is 316 g/mol. The summed E-state index contributed by atoms with van der Waals surface area (Å²) in [7, 11) is 0. The molecule has 1 aromatic heterocycles. The average molecular weight is 335 g/mol. The van der Waals surface area contributed by atoms with Crippen LogP contribution in [0.25, 0.3) is 0 Å². The van der Waals surface area contributed by atoms with Gasteiger partial charge in [0.15, 0.2) is 12.4 Å². The molecule has 0 atom stereocenters. The third-order valence-corrected chi connectivity index (χ3v) is 3.49. The van der Waals surface area contributed by atoms with Crippen LogP contribution in [0, 0.1) is 13.8 Å². The van der Waals surface area contributed by atoms with Crippen molar-refractivity contribution in [1.82, 2.24) is 5.43 Å². The molecule has 0 fully saturated rings. The lowest BCUT2D eigenvalue weighted by Crippen LogP contribution is -3.00. The van der Waals surface area contributed by atoms with Gasteiger partial charge in [-0.05, 0) is 31.0 Å². The Kier molecular flexibility index (Phi) is 6.68. The maximum atomic E-state index is 12.1. The van der Waals surface area contributed by atoms with Gasteiger partial charge in [-0.3, -0.25) is 15.0 Å². The predicted octanol–water partition coefficient (Wildman–Crippen LogP) is -2.16. The summed E-state index contributed by atoms with van der Waals surface area (Å²) < 4.78 is 1.69. The monoisotopic (exact) mass is 334 g/mol. The van der Waals surface area contributed by atoms with Gasteiger partial charge < -0.3 is 17.7 Å². The first kappa shape index (κ1) is 18.6. The van der Waals surface area contributed by atoms with Crippen molar-refractivity contribution in [3.63, 3.8) is 0 Å². The fraction of sp³-hybridized carbons (Fsp3) is 0.188. The number of amides is 2. The van der Waals surface area contributed by atoms with Gasteiger partial charge in [0, 0.05) is 17.8 Å². The highest BCUT2D eigenvalue weighted by Crippen LogP contribution is 2.17. The van der Waals surface area contributed by atoms with E-state index in [9.17, 15) is 9.59 Å². The summed E-state index contributed by atoms with van der Waals surface area (Å²) in [5.41, 5.74) is 5.49. The quantitative estimate of drug-likeness (QED) is 0.257. The van der Waals surface area contributed by atoms with Crippen LogP contribution in [-0.2, 0) is 11.3 Å². The smallest absolute Gasteiger partial charge is 0.290 e. The number of aromatic nitrogens is 1. The second-order valence-electron chi connectivity index (χ2n) is 5.03. The van der Waals surface area contributed by atoms with E-state index < -0.39 is 0 Å². The van der Waals surface area contributed by atoms with Crippen LogP contribution in [0.4, 0.5) is 5.69 Å². The molecule has 2 rings (SSSR count). The highest BCUT2D eigenvalue weighted by Gasteiger charge is 2.12. The molecule has 0 saturated heterocycles. The first-order valence-electron chi connectivity index (χ1n) is 6.87. The highest BCUT2D eigenvalue weighted by atomic mass is 35.5. The molecule has 0 radical (unpaired) electrons. The maximum absolute atomic E-state index is 12.1. The van der Waals surface area contributed by atoms with Gasteiger partial charge >= 0.3 is 0 Å². The van der Waals surface area contributed by atoms with E-state index in [0.29, 0.717) is 5.56 Å². The molecule has 1 aromatic carbocycles. The van der Waals surface area contributed by atoms with Crippen LogP contribution in [0.1, 0.15) is 21.5 Å². The Bertz CT molecular complexity index is 702. The van der Waals surface area contributed by atoms with Gasteiger partial charge in [-0.2, -0.15) is 4.57 Å². The van der Waals surface area contributed by atoms with Gasteiger partial charge in [0.1, 0.15) is 0 Å². The van der Waals surface area contributed by atoms with E-state index in [1.54, 1.807) is 29.1 Å². The van der Waals surface area contributed by atoms with Gasteiger partial charge in [0.25, 0.3) is 11.8 Å². The van der Waals surface area contributed by atoms with Crippen molar-refractivity contribution in [3.8, 4) is 0 Å². The standard InChI is InChI=1S/C16H18N4O2.ClH/c1-11-4-3-5-14(12(11)2)18-15(21)10-20-8-6-13(7-9-20)16(22)19-17;/h3-9,17H,10H2,1-2H3,(H2,18,21,22);1H. The Morgan fingerprint density at radius 3 is 2.39 bits per heavy atom. The number of nitrogens with zero attached hydrogens (tertiary/aromatic N) is 1. The summed E-state index contributed by atoms with van der Waals surface area (Å²) in [6.45, 7) is 4.14. The Labute approximate surface area is 141 Å². The maximum Gasteiger partial charge on any atom is 0.290 e. The normalized spacial score (nSPS) is 9.70. The van der Waals surface area contributed by atoms with Crippen molar-refractivity contribution in [2.24, 2.45) is 5.84 Å². The van der Waals surface area contributed by atoms with Crippen molar-refractivity contribution >= 4 is 17.5 Å². The van der Waals surface area contributed by atoms with Crippen molar-refractivity contribution in [1.29, 1.82) is 0 Å². The zero-order chi connectivity index (χ0) is 16.1. The van der Waals surface area contributed by atoms with Gasteiger partial charge in [0.2, 0.25) is 6.54 Å². The van der Waals surface area contributed by atoms with Gasteiger partial charge in [-0.1, -0.05) is 12.1 Å². The first-order chi connectivity index (χ1) is 10.5. The SMILES string of the molecule is Cc1cccc(NC(=O)C[n+]2ccc(C(=O)NN)cc2)c1C.[Cl-]. The Morgan fingerprint density at radius 2 is 1.78 bits per heavy atom. The van der Waals surface area contributed by atoms with Crippen LogP contribution in [0.15, 0.2) is 42.7 Å². The number of halogens is 1. The number of hydrogen-bond acceptors (Lipinski definition) is 3. The van der Waals surface area contributed by atoms with Crippen LogP contribution >= 0.6 is 0 Å². The fourth-order valence-corrected chi connectivity index (χ4v) is 2.04. The summed E-state index contributed by atoms with van der Waals surface area (Å²) in [6, 6.07) is 8.99. The van der Waals surface area contributed by atoms with E-state index >= 15 is 0 Å². The largest absolute Gasteiger partial charge is 1.00 e. The molecule has 7 heteroatoms. The molecule has 2 aromatic rings. The molecule has 1 heterocycles. The van der Waals surface area contributed by atoms with E-state index in [4.69, 9.17) is 5.84 Å². The molecule has 0 aliphatic heterocycles. The highest BCUT2D eigenvalue weighted by molar-refractivity contribution is 5.93. The number of hydrogen-bond donors (Lipinski definition) is 3. The molecule has 122 valence electrons. The molecule has 23 heavy (non-hydrogen) atoms. The molecule has 0 aliphatic rings. The van der Waals surface area contributed by atoms with Gasteiger partial charge in [0.05, 0.1) is 5.56 Å². The van der Waals surface area contributed by atoms with Crippen LogP contribution in [0.3, 0.4) is 0 Å². The zero-order valence-electron chi connectivity index (χ0n) is 13.0. The number of aryl methyl sites for hydroxylation is 1. The lowest BCUT2D eigenvalue weighted by Gasteiger charge is -2.09. The topological polar surface area (TPSA) is 88.1 Å². The van der Waals surface area contributed by atoms with E-state index in [2.05, 4.69) is 10.7 Å². The molecule has 0 unspecified atom stereocenters.